The van der Waals surface area contributed by atoms with Crippen molar-refractivity contribution in [3.8, 4) is 0 Å². The maximum atomic E-state index is 10.7. The van der Waals surface area contributed by atoms with Crippen LogP contribution in [-0.2, 0) is 48.9 Å². The van der Waals surface area contributed by atoms with E-state index >= 15 is 0 Å². The molecule has 0 aliphatic heterocycles. The summed E-state index contributed by atoms with van der Waals surface area (Å²) < 4.78 is 177. The Hall–Kier alpha value is -0.316. The van der Waals surface area contributed by atoms with Crippen LogP contribution in [0.2, 0.25) is 0 Å². The standard InChI is InChI=1S/3CHF3O3S.V/c3*2-1(3,4)8(5,6)7;/h3*(H,5,6,7);/q;;;+3/p-3. The van der Waals surface area contributed by atoms with Gasteiger partial charge in [0.05, 0.1) is 0 Å². The second kappa shape index (κ2) is 9.57. The summed E-state index contributed by atoms with van der Waals surface area (Å²) in [7, 11) is -18.3. The molecule has 0 unspecified atom stereocenters. The van der Waals surface area contributed by atoms with Gasteiger partial charge in [0.1, 0.15) is 0 Å². The minimum atomic E-state index is -6.09. The number of hydrogen-bond acceptors (Lipinski definition) is 9. The van der Waals surface area contributed by atoms with Crippen molar-refractivity contribution in [2.24, 2.45) is 0 Å². The first-order valence-corrected chi connectivity index (χ1v) is 8.04. The van der Waals surface area contributed by atoms with Crippen LogP contribution >= 0.6 is 0 Å². The summed E-state index contributed by atoms with van der Waals surface area (Å²) in [4.78, 5) is 0. The third-order valence-electron chi connectivity index (χ3n) is 0.850. The molecule has 0 amide bonds. The number of alkyl halides is 9. The van der Waals surface area contributed by atoms with E-state index < -0.39 is 46.9 Å². The van der Waals surface area contributed by atoms with E-state index in [1.807, 2.05) is 0 Å². The smallest absolute Gasteiger partial charge is 0.741 e. The Balaban J connectivity index is -0.000000130. The van der Waals surface area contributed by atoms with Crippen molar-refractivity contribution in [3.05, 3.63) is 0 Å². The molecule has 152 valence electrons. The SMILES string of the molecule is O=S(=O)([O-])C(F)(F)F.O=S(=O)([O-])C(F)(F)F.O=S(=O)([O-])C(F)(F)F.[V+3]. The van der Waals surface area contributed by atoms with Gasteiger partial charge in [-0.25, -0.2) is 25.3 Å². The number of halogens is 9. The second-order valence-electron chi connectivity index (χ2n) is 2.70. The van der Waals surface area contributed by atoms with Crippen molar-refractivity contribution in [3.63, 3.8) is 0 Å². The van der Waals surface area contributed by atoms with Gasteiger partial charge in [-0.15, -0.1) is 0 Å². The summed E-state index contributed by atoms with van der Waals surface area (Å²) in [5, 5.41) is 0. The van der Waals surface area contributed by atoms with Crippen LogP contribution in [0.1, 0.15) is 0 Å². The van der Waals surface area contributed by atoms with Gasteiger partial charge < -0.3 is 13.7 Å². The largest absolute Gasteiger partial charge is 3.00 e. The fourth-order valence-corrected chi connectivity index (χ4v) is 0. The van der Waals surface area contributed by atoms with Crippen LogP contribution in [0.3, 0.4) is 0 Å². The van der Waals surface area contributed by atoms with Gasteiger partial charge in [-0.05, 0) is 0 Å². The van der Waals surface area contributed by atoms with Crippen molar-refractivity contribution >= 4 is 30.4 Å². The van der Waals surface area contributed by atoms with Crippen LogP contribution < -0.4 is 0 Å². The summed E-state index contributed by atoms with van der Waals surface area (Å²) in [6.07, 6.45) is 0. The Kier molecular flexibility index (Phi) is 12.4. The van der Waals surface area contributed by atoms with Gasteiger partial charge in [0.2, 0.25) is 0 Å². The summed E-state index contributed by atoms with van der Waals surface area (Å²) in [6.45, 7) is 0. The average Bonchev–Trinajstić information content (AvgIpc) is 2.08. The van der Waals surface area contributed by atoms with Crippen LogP contribution in [-0.4, -0.2) is 55.4 Å². The normalized spacial score (nSPS) is 13.4. The van der Waals surface area contributed by atoms with Gasteiger partial charge >= 0.3 is 35.1 Å². The van der Waals surface area contributed by atoms with Gasteiger partial charge in [0.25, 0.3) is 0 Å². The summed E-state index contributed by atoms with van der Waals surface area (Å²) in [5.74, 6) is 0. The van der Waals surface area contributed by atoms with Crippen molar-refractivity contribution in [2.45, 2.75) is 16.5 Å². The van der Waals surface area contributed by atoms with Crippen LogP contribution in [0.25, 0.3) is 0 Å². The topological polar surface area (TPSA) is 172 Å². The molecule has 0 aromatic carbocycles. The molecule has 22 heteroatoms. The van der Waals surface area contributed by atoms with Crippen molar-refractivity contribution in [2.75, 3.05) is 0 Å². The predicted octanol–water partition coefficient (Wildman–Crippen LogP) is 0.152. The molecule has 9 nitrogen and oxygen atoms in total. The molecule has 25 heavy (non-hydrogen) atoms. The Morgan fingerprint density at radius 2 is 0.480 bits per heavy atom. The Morgan fingerprint density at radius 1 is 0.440 bits per heavy atom. The molecule has 0 saturated carbocycles. The molecule has 0 radical (unpaired) electrons. The van der Waals surface area contributed by atoms with E-state index in [2.05, 4.69) is 0 Å². The Bertz CT molecular complexity index is 596. The minimum absolute atomic E-state index is 0. The molecule has 0 N–H and O–H groups in total. The molecule has 0 saturated heterocycles. The second-order valence-corrected chi connectivity index (χ2v) is 6.81. The quantitative estimate of drug-likeness (QED) is 0.256. The first-order chi connectivity index (χ1) is 9.75. The zero-order valence-electron chi connectivity index (χ0n) is 10.2. The monoisotopic (exact) mass is 498 g/mol. The minimum Gasteiger partial charge on any atom is -0.741 e. The van der Waals surface area contributed by atoms with Gasteiger partial charge in [-0.3, -0.25) is 0 Å². The Labute approximate surface area is 144 Å². The van der Waals surface area contributed by atoms with Crippen LogP contribution in [0, 0.1) is 0 Å². The molecule has 0 aliphatic carbocycles. The first kappa shape index (κ1) is 32.4. The summed E-state index contributed by atoms with van der Waals surface area (Å²) in [5.41, 5.74) is -16.9. The maximum Gasteiger partial charge on any atom is 3.00 e. The molecular weight excluding hydrogens is 498 g/mol. The zero-order chi connectivity index (χ0) is 21.0. The third kappa shape index (κ3) is 15.6. The van der Waals surface area contributed by atoms with Crippen molar-refractivity contribution < 1.29 is 97.0 Å². The van der Waals surface area contributed by atoms with Crippen LogP contribution in [0.5, 0.6) is 0 Å². The van der Waals surface area contributed by atoms with E-state index in [1.54, 1.807) is 0 Å². The van der Waals surface area contributed by atoms with E-state index in [0.29, 0.717) is 0 Å². The van der Waals surface area contributed by atoms with Crippen molar-refractivity contribution in [1.82, 2.24) is 0 Å². The van der Waals surface area contributed by atoms with Gasteiger partial charge in [0.15, 0.2) is 30.4 Å². The zero-order valence-corrected chi connectivity index (χ0v) is 14.1. The fraction of sp³-hybridized carbons (Fsp3) is 1.00. The van der Waals surface area contributed by atoms with E-state index in [1.165, 1.54) is 0 Å². The molecule has 0 fully saturated rings. The van der Waals surface area contributed by atoms with Crippen LogP contribution in [0.15, 0.2) is 0 Å². The molecule has 0 spiro atoms. The molecule has 0 rings (SSSR count). The molecule has 0 bridgehead atoms. The molecule has 0 heterocycles. The maximum absolute atomic E-state index is 10.7. The molecular formula is C3F9O9S3V. The first-order valence-electron chi connectivity index (χ1n) is 3.81. The summed E-state index contributed by atoms with van der Waals surface area (Å²) in [6, 6.07) is 0. The van der Waals surface area contributed by atoms with Crippen LogP contribution in [0.4, 0.5) is 39.5 Å². The van der Waals surface area contributed by atoms with E-state index in [0.717, 1.165) is 0 Å². The number of rotatable bonds is 0. The van der Waals surface area contributed by atoms with Gasteiger partial charge in [0, 0.05) is 0 Å². The molecule has 0 aromatic heterocycles. The third-order valence-corrected chi connectivity index (χ3v) is 2.55. The van der Waals surface area contributed by atoms with E-state index in [4.69, 9.17) is 38.9 Å². The van der Waals surface area contributed by atoms with Gasteiger partial charge in [-0.1, -0.05) is 0 Å². The average molecular weight is 498 g/mol. The van der Waals surface area contributed by atoms with Crippen molar-refractivity contribution in [1.29, 1.82) is 0 Å². The fourth-order valence-electron chi connectivity index (χ4n) is 0. The number of hydrogen-bond donors (Lipinski definition) is 0. The Morgan fingerprint density at radius 3 is 0.480 bits per heavy atom. The predicted molar refractivity (Wildman–Crippen MR) is 47.3 cm³/mol. The molecule has 0 aliphatic rings. The summed E-state index contributed by atoms with van der Waals surface area (Å²) >= 11 is 0. The molecule has 0 aromatic rings. The van der Waals surface area contributed by atoms with E-state index in [-0.39, 0.29) is 18.6 Å². The molecule has 0 atom stereocenters. The van der Waals surface area contributed by atoms with E-state index in [9.17, 15) is 39.5 Å². The van der Waals surface area contributed by atoms with Gasteiger partial charge in [-0.2, -0.15) is 39.5 Å².